The molecule has 0 aliphatic carbocycles. The number of hydrogen-bond donors (Lipinski definition) is 3. The van der Waals surface area contributed by atoms with Crippen LogP contribution in [-0.2, 0) is 17.1 Å². The first-order chi connectivity index (χ1) is 9.44. The maximum absolute atomic E-state index is 12.3. The summed E-state index contributed by atoms with van der Waals surface area (Å²) >= 11 is 0. The van der Waals surface area contributed by atoms with Gasteiger partial charge in [-0.15, -0.1) is 0 Å². The van der Waals surface area contributed by atoms with Crippen LogP contribution >= 0.6 is 0 Å². The number of nitrogens with zero attached hydrogens (tertiary/aromatic N) is 1. The quantitative estimate of drug-likeness (QED) is 0.693. The van der Waals surface area contributed by atoms with Crippen LogP contribution in [0.25, 0.3) is 0 Å². The lowest BCUT2D eigenvalue weighted by Gasteiger charge is -2.23. The molecule has 3 N–H and O–H groups in total. The van der Waals surface area contributed by atoms with Gasteiger partial charge in [-0.05, 0) is 32.0 Å². The zero-order chi connectivity index (χ0) is 14.8. The van der Waals surface area contributed by atoms with Crippen molar-refractivity contribution in [2.24, 2.45) is 7.05 Å². The highest BCUT2D eigenvalue weighted by Gasteiger charge is 2.24. The predicted molar refractivity (Wildman–Crippen MR) is 75.0 cm³/mol. The molecule has 112 valence electrons. The van der Waals surface area contributed by atoms with Crippen LogP contribution in [0.1, 0.15) is 23.3 Å². The predicted octanol–water partition coefficient (Wildman–Crippen LogP) is -0.585. The monoisotopic (exact) mass is 300 g/mol. The van der Waals surface area contributed by atoms with Gasteiger partial charge in [-0.1, -0.05) is 0 Å². The summed E-state index contributed by atoms with van der Waals surface area (Å²) < 4.78 is 28.8. The van der Waals surface area contributed by atoms with Gasteiger partial charge in [0.25, 0.3) is 5.91 Å². The van der Waals surface area contributed by atoms with E-state index in [0.29, 0.717) is 5.69 Å². The normalized spacial score (nSPS) is 17.1. The molecule has 1 saturated heterocycles. The van der Waals surface area contributed by atoms with Crippen molar-refractivity contribution in [2.75, 3.05) is 20.1 Å². The molecule has 0 bridgehead atoms. The van der Waals surface area contributed by atoms with Crippen LogP contribution in [0.5, 0.6) is 0 Å². The highest BCUT2D eigenvalue weighted by molar-refractivity contribution is 7.89. The van der Waals surface area contributed by atoms with Crippen molar-refractivity contribution < 1.29 is 13.2 Å². The summed E-state index contributed by atoms with van der Waals surface area (Å²) in [7, 11) is -0.424. The van der Waals surface area contributed by atoms with Crippen LogP contribution in [0.4, 0.5) is 0 Å². The number of hydrogen-bond acceptors (Lipinski definition) is 4. The van der Waals surface area contributed by atoms with Crippen molar-refractivity contribution in [3.63, 3.8) is 0 Å². The van der Waals surface area contributed by atoms with Crippen LogP contribution in [0.15, 0.2) is 17.2 Å². The molecule has 0 saturated carbocycles. The van der Waals surface area contributed by atoms with Gasteiger partial charge in [-0.25, -0.2) is 13.1 Å². The standard InChI is InChI=1S/C12H20N4O3S/c1-13-12(17)11-7-10(8-16(11)2)20(18,19)15-9-3-5-14-6-4-9/h7-9,14-15H,3-6H2,1-2H3,(H,13,17). The second kappa shape index (κ2) is 5.94. The summed E-state index contributed by atoms with van der Waals surface area (Å²) in [6.45, 7) is 1.62. The number of aromatic nitrogens is 1. The second-order valence-electron chi connectivity index (χ2n) is 4.90. The highest BCUT2D eigenvalue weighted by atomic mass is 32.2. The summed E-state index contributed by atoms with van der Waals surface area (Å²) in [4.78, 5) is 11.7. The fourth-order valence-electron chi connectivity index (χ4n) is 2.26. The minimum Gasteiger partial charge on any atom is -0.354 e. The van der Waals surface area contributed by atoms with E-state index in [1.165, 1.54) is 23.9 Å². The Morgan fingerprint density at radius 1 is 1.40 bits per heavy atom. The Hall–Kier alpha value is -1.38. The zero-order valence-corrected chi connectivity index (χ0v) is 12.5. The molecular weight excluding hydrogens is 280 g/mol. The highest BCUT2D eigenvalue weighted by Crippen LogP contribution is 2.15. The number of carbonyl (C=O) groups is 1. The van der Waals surface area contributed by atoms with Crippen LogP contribution in [-0.4, -0.2) is 45.1 Å². The molecule has 0 atom stereocenters. The zero-order valence-electron chi connectivity index (χ0n) is 11.6. The van der Waals surface area contributed by atoms with Gasteiger partial charge in [-0.2, -0.15) is 0 Å². The maximum atomic E-state index is 12.3. The van der Waals surface area contributed by atoms with Crippen molar-refractivity contribution in [1.82, 2.24) is 19.9 Å². The molecule has 8 heteroatoms. The Morgan fingerprint density at radius 3 is 2.65 bits per heavy atom. The first-order valence-electron chi connectivity index (χ1n) is 6.55. The van der Waals surface area contributed by atoms with E-state index in [1.807, 2.05) is 0 Å². The molecule has 0 unspecified atom stereocenters. The van der Waals surface area contributed by atoms with Gasteiger partial charge in [0.15, 0.2) is 0 Å². The van der Waals surface area contributed by atoms with E-state index >= 15 is 0 Å². The number of aryl methyl sites for hydroxylation is 1. The number of nitrogens with one attached hydrogen (secondary N) is 3. The van der Waals surface area contributed by atoms with E-state index in [9.17, 15) is 13.2 Å². The van der Waals surface area contributed by atoms with Gasteiger partial charge in [0.05, 0.1) is 0 Å². The van der Waals surface area contributed by atoms with Crippen molar-refractivity contribution >= 4 is 15.9 Å². The molecular formula is C12H20N4O3S. The first kappa shape index (κ1) is 15.0. The lowest BCUT2D eigenvalue weighted by atomic mass is 10.1. The minimum atomic E-state index is -3.58. The van der Waals surface area contributed by atoms with Crippen molar-refractivity contribution in [3.05, 3.63) is 18.0 Å². The third-order valence-corrected chi connectivity index (χ3v) is 4.90. The van der Waals surface area contributed by atoms with Gasteiger partial charge >= 0.3 is 0 Å². The van der Waals surface area contributed by atoms with Crippen molar-refractivity contribution in [3.8, 4) is 0 Å². The maximum Gasteiger partial charge on any atom is 0.267 e. The van der Waals surface area contributed by atoms with E-state index in [-0.39, 0.29) is 16.8 Å². The third kappa shape index (κ3) is 3.20. The van der Waals surface area contributed by atoms with E-state index < -0.39 is 10.0 Å². The summed E-state index contributed by atoms with van der Waals surface area (Å²) in [5.74, 6) is -0.309. The average Bonchev–Trinajstić information content (AvgIpc) is 2.81. The molecule has 0 spiro atoms. The number of piperidine rings is 1. The Balaban J connectivity index is 2.19. The van der Waals surface area contributed by atoms with Crippen molar-refractivity contribution in [1.29, 1.82) is 0 Å². The minimum absolute atomic E-state index is 0.0510. The molecule has 0 aromatic carbocycles. The van der Waals surface area contributed by atoms with E-state index in [4.69, 9.17) is 0 Å². The average molecular weight is 300 g/mol. The fourth-order valence-corrected chi connectivity index (χ4v) is 3.64. The summed E-state index contributed by atoms with van der Waals surface area (Å²) in [6.07, 6.45) is 3.00. The van der Waals surface area contributed by atoms with Gasteiger partial charge in [0, 0.05) is 26.3 Å². The molecule has 7 nitrogen and oxygen atoms in total. The fraction of sp³-hybridized carbons (Fsp3) is 0.583. The Morgan fingerprint density at radius 2 is 2.05 bits per heavy atom. The van der Waals surface area contributed by atoms with E-state index in [1.54, 1.807) is 7.05 Å². The molecule has 20 heavy (non-hydrogen) atoms. The van der Waals surface area contributed by atoms with E-state index in [0.717, 1.165) is 25.9 Å². The van der Waals surface area contributed by atoms with Crippen LogP contribution in [0, 0.1) is 0 Å². The van der Waals surface area contributed by atoms with Gasteiger partial charge in [0.1, 0.15) is 10.6 Å². The molecule has 1 aliphatic heterocycles. The molecule has 1 aromatic heterocycles. The van der Waals surface area contributed by atoms with E-state index in [2.05, 4.69) is 15.4 Å². The molecule has 0 radical (unpaired) electrons. The van der Waals surface area contributed by atoms with Gasteiger partial charge in [-0.3, -0.25) is 4.79 Å². The van der Waals surface area contributed by atoms with Crippen LogP contribution in [0.2, 0.25) is 0 Å². The largest absolute Gasteiger partial charge is 0.354 e. The lowest BCUT2D eigenvalue weighted by Crippen LogP contribution is -2.42. The third-order valence-electron chi connectivity index (χ3n) is 3.41. The molecule has 1 amide bonds. The van der Waals surface area contributed by atoms with Gasteiger partial charge < -0.3 is 15.2 Å². The number of amides is 1. The van der Waals surface area contributed by atoms with Crippen LogP contribution < -0.4 is 15.4 Å². The molecule has 1 aliphatic rings. The van der Waals surface area contributed by atoms with Gasteiger partial charge in [0.2, 0.25) is 10.0 Å². The number of rotatable bonds is 4. The van der Waals surface area contributed by atoms with Crippen LogP contribution in [0.3, 0.4) is 0 Å². The Bertz CT molecular complexity index is 588. The smallest absolute Gasteiger partial charge is 0.267 e. The topological polar surface area (TPSA) is 92.2 Å². The number of sulfonamides is 1. The Labute approximate surface area is 118 Å². The SMILES string of the molecule is CNC(=O)c1cc(S(=O)(=O)NC2CCNCC2)cn1C. The molecule has 2 heterocycles. The summed E-state index contributed by atoms with van der Waals surface area (Å²) in [5, 5.41) is 5.67. The number of carbonyl (C=O) groups excluding carboxylic acids is 1. The molecule has 1 aromatic rings. The lowest BCUT2D eigenvalue weighted by molar-refractivity contribution is 0.0955. The molecule has 2 rings (SSSR count). The molecule has 1 fully saturated rings. The summed E-state index contributed by atoms with van der Waals surface area (Å²) in [5.41, 5.74) is 0.318. The van der Waals surface area contributed by atoms with Crippen molar-refractivity contribution in [2.45, 2.75) is 23.8 Å². The first-order valence-corrected chi connectivity index (χ1v) is 8.04. The Kier molecular flexibility index (Phi) is 4.46. The second-order valence-corrected chi connectivity index (χ2v) is 6.61. The summed E-state index contributed by atoms with van der Waals surface area (Å²) in [6, 6.07) is 1.34.